The lowest BCUT2D eigenvalue weighted by Gasteiger charge is -2.13. The first-order chi connectivity index (χ1) is 15.1. The molecule has 0 fully saturated rings. The molecule has 3 rings (SSSR count). The van der Waals surface area contributed by atoms with Gasteiger partial charge in [-0.05, 0) is 44.5 Å². The standard InChI is InChI=1S/C22H20N2O7S/c1-4-30-22(27)21-19(13-20(26)24(23-21)18-8-6-5-7-14(18)2)31-32(28,29)17-11-9-16(10-12-17)15(3)25/h5-13H,4H2,1-3H3. The van der Waals surface area contributed by atoms with Gasteiger partial charge in [-0.1, -0.05) is 30.3 Å². The minimum atomic E-state index is -4.44. The van der Waals surface area contributed by atoms with Crippen LogP contribution in [0.5, 0.6) is 5.75 Å². The molecule has 1 aromatic heterocycles. The fourth-order valence-corrected chi connectivity index (χ4v) is 3.77. The number of esters is 1. The summed E-state index contributed by atoms with van der Waals surface area (Å²) < 4.78 is 36.5. The lowest BCUT2D eigenvalue weighted by molar-refractivity contribution is 0.0514. The highest BCUT2D eigenvalue weighted by Gasteiger charge is 2.26. The zero-order chi connectivity index (χ0) is 23.5. The molecule has 0 amide bonds. The molecule has 3 aromatic rings. The van der Waals surface area contributed by atoms with Crippen LogP contribution in [0.4, 0.5) is 0 Å². The van der Waals surface area contributed by atoms with E-state index >= 15 is 0 Å². The number of aromatic nitrogens is 2. The topological polar surface area (TPSA) is 122 Å². The number of hydrogen-bond donors (Lipinski definition) is 0. The number of nitrogens with zero attached hydrogens (tertiary/aromatic N) is 2. The van der Waals surface area contributed by atoms with Crippen molar-refractivity contribution in [1.82, 2.24) is 9.78 Å². The van der Waals surface area contributed by atoms with E-state index in [1.807, 2.05) is 0 Å². The average Bonchev–Trinajstić information content (AvgIpc) is 2.74. The Hall–Kier alpha value is -3.79. The summed E-state index contributed by atoms with van der Waals surface area (Å²) in [6.45, 7) is 4.68. The number of para-hydroxylation sites is 1. The van der Waals surface area contributed by atoms with Crippen LogP contribution in [0.3, 0.4) is 0 Å². The molecule has 9 nitrogen and oxygen atoms in total. The summed E-state index contributed by atoms with van der Waals surface area (Å²) in [5, 5.41) is 4.03. The number of carbonyl (C=O) groups is 2. The lowest BCUT2D eigenvalue weighted by atomic mass is 10.2. The van der Waals surface area contributed by atoms with Gasteiger partial charge in [0.2, 0.25) is 5.69 Å². The predicted octanol–water partition coefficient (Wildman–Crippen LogP) is 2.69. The molecule has 0 N–H and O–H groups in total. The van der Waals surface area contributed by atoms with Crippen molar-refractivity contribution in [2.24, 2.45) is 0 Å². The van der Waals surface area contributed by atoms with Gasteiger partial charge in [0.1, 0.15) is 4.90 Å². The number of Topliss-reactive ketones (excluding diaryl/α,β-unsaturated/α-hetero) is 1. The second-order valence-electron chi connectivity index (χ2n) is 6.73. The van der Waals surface area contributed by atoms with Crippen molar-refractivity contribution in [1.29, 1.82) is 0 Å². The summed E-state index contributed by atoms with van der Waals surface area (Å²) in [5.74, 6) is -1.75. The monoisotopic (exact) mass is 456 g/mol. The Kier molecular flexibility index (Phi) is 6.54. The third-order valence-electron chi connectivity index (χ3n) is 4.46. The van der Waals surface area contributed by atoms with Gasteiger partial charge in [0.25, 0.3) is 5.56 Å². The van der Waals surface area contributed by atoms with Crippen molar-refractivity contribution < 1.29 is 26.9 Å². The van der Waals surface area contributed by atoms with Crippen LogP contribution in [0, 0.1) is 6.92 Å². The van der Waals surface area contributed by atoms with Crippen LogP contribution in [0.1, 0.15) is 40.3 Å². The maximum Gasteiger partial charge on any atom is 0.362 e. The van der Waals surface area contributed by atoms with Crippen molar-refractivity contribution in [2.45, 2.75) is 25.7 Å². The molecule has 0 spiro atoms. The third-order valence-corrected chi connectivity index (χ3v) is 5.71. The minimum absolute atomic E-state index is 0.00268. The van der Waals surface area contributed by atoms with E-state index in [1.54, 1.807) is 38.1 Å². The Morgan fingerprint density at radius 1 is 1.06 bits per heavy atom. The van der Waals surface area contributed by atoms with Crippen molar-refractivity contribution in [3.63, 3.8) is 0 Å². The molecule has 0 saturated heterocycles. The summed E-state index contributed by atoms with van der Waals surface area (Å²) in [4.78, 5) is 36.3. The number of aryl methyl sites for hydroxylation is 1. The van der Waals surface area contributed by atoms with Gasteiger partial charge in [-0.2, -0.15) is 18.2 Å². The summed E-state index contributed by atoms with van der Waals surface area (Å²) in [6.07, 6.45) is 0. The van der Waals surface area contributed by atoms with Gasteiger partial charge in [0, 0.05) is 5.56 Å². The molecule has 2 aromatic carbocycles. The molecule has 0 atom stereocenters. The predicted molar refractivity (Wildman–Crippen MR) is 115 cm³/mol. The fourth-order valence-electron chi connectivity index (χ4n) is 2.84. The van der Waals surface area contributed by atoms with Crippen LogP contribution in [0.15, 0.2) is 64.3 Å². The van der Waals surface area contributed by atoms with Gasteiger partial charge in [-0.15, -0.1) is 0 Å². The largest absolute Gasteiger partial charge is 0.461 e. The van der Waals surface area contributed by atoms with Gasteiger partial charge in [-0.3, -0.25) is 9.59 Å². The molecule has 0 unspecified atom stereocenters. The van der Waals surface area contributed by atoms with E-state index in [2.05, 4.69) is 5.10 Å². The molecule has 10 heteroatoms. The van der Waals surface area contributed by atoms with E-state index in [0.717, 1.165) is 10.7 Å². The Morgan fingerprint density at radius 3 is 2.31 bits per heavy atom. The molecular weight excluding hydrogens is 436 g/mol. The van der Waals surface area contributed by atoms with E-state index in [4.69, 9.17) is 8.92 Å². The van der Waals surface area contributed by atoms with Crippen molar-refractivity contribution >= 4 is 21.9 Å². The molecule has 1 heterocycles. The van der Waals surface area contributed by atoms with Gasteiger partial charge >= 0.3 is 16.1 Å². The van der Waals surface area contributed by atoms with Gasteiger partial charge in [0.05, 0.1) is 18.4 Å². The molecule has 0 aliphatic rings. The van der Waals surface area contributed by atoms with Crippen LogP contribution in [0.25, 0.3) is 5.69 Å². The second-order valence-corrected chi connectivity index (χ2v) is 8.28. The second kappa shape index (κ2) is 9.15. The molecule has 0 aliphatic carbocycles. The van der Waals surface area contributed by atoms with Crippen molar-refractivity contribution in [3.8, 4) is 11.4 Å². The Balaban J connectivity index is 2.10. The number of hydrogen-bond acceptors (Lipinski definition) is 8. The Bertz CT molecular complexity index is 1340. The fraction of sp³-hybridized carbons (Fsp3) is 0.182. The van der Waals surface area contributed by atoms with Crippen molar-refractivity contribution in [2.75, 3.05) is 6.61 Å². The number of ketones is 1. The first kappa shape index (κ1) is 22.9. The van der Waals surface area contributed by atoms with E-state index in [-0.39, 0.29) is 17.3 Å². The van der Waals surface area contributed by atoms with Gasteiger partial charge < -0.3 is 8.92 Å². The normalized spacial score (nSPS) is 11.1. The number of benzene rings is 2. The van der Waals surface area contributed by atoms with E-state index in [1.165, 1.54) is 31.2 Å². The Labute approximate surface area is 184 Å². The summed E-state index contributed by atoms with van der Waals surface area (Å²) in [6, 6.07) is 12.8. The maximum atomic E-state index is 12.7. The minimum Gasteiger partial charge on any atom is -0.461 e. The van der Waals surface area contributed by atoms with Crippen LogP contribution in [-0.2, 0) is 14.9 Å². The van der Waals surface area contributed by atoms with E-state index in [9.17, 15) is 22.8 Å². The first-order valence-electron chi connectivity index (χ1n) is 9.57. The molecule has 0 aliphatic heterocycles. The van der Waals surface area contributed by atoms with Gasteiger partial charge in [-0.25, -0.2) is 4.79 Å². The lowest BCUT2D eigenvalue weighted by Crippen LogP contribution is -2.26. The molecule has 32 heavy (non-hydrogen) atoms. The summed E-state index contributed by atoms with van der Waals surface area (Å²) in [7, 11) is -4.44. The SMILES string of the molecule is CCOC(=O)c1nn(-c2ccccc2C)c(=O)cc1OS(=O)(=O)c1ccc(C(C)=O)cc1. The highest BCUT2D eigenvalue weighted by Crippen LogP contribution is 2.23. The van der Waals surface area contributed by atoms with Crippen LogP contribution in [-0.4, -0.2) is 36.6 Å². The average molecular weight is 456 g/mol. The third kappa shape index (κ3) is 4.75. The van der Waals surface area contributed by atoms with Crippen LogP contribution in [0.2, 0.25) is 0 Å². The van der Waals surface area contributed by atoms with E-state index < -0.39 is 33.1 Å². The zero-order valence-corrected chi connectivity index (χ0v) is 18.4. The Morgan fingerprint density at radius 2 is 1.72 bits per heavy atom. The van der Waals surface area contributed by atoms with Crippen LogP contribution >= 0.6 is 0 Å². The molecule has 0 saturated carbocycles. The highest BCUT2D eigenvalue weighted by atomic mass is 32.2. The highest BCUT2D eigenvalue weighted by molar-refractivity contribution is 7.87. The first-order valence-corrected chi connectivity index (χ1v) is 11.0. The molecule has 0 radical (unpaired) electrons. The molecule has 166 valence electrons. The van der Waals surface area contributed by atoms with Gasteiger partial charge in [0.15, 0.2) is 11.5 Å². The zero-order valence-electron chi connectivity index (χ0n) is 17.6. The molecular formula is C22H20N2O7S. The maximum absolute atomic E-state index is 12.7. The van der Waals surface area contributed by atoms with Crippen LogP contribution < -0.4 is 9.74 Å². The van der Waals surface area contributed by atoms with Crippen molar-refractivity contribution in [3.05, 3.63) is 81.8 Å². The molecule has 0 bridgehead atoms. The number of ether oxygens (including phenoxy) is 1. The quantitative estimate of drug-likeness (QED) is 0.302. The number of rotatable bonds is 7. The smallest absolute Gasteiger partial charge is 0.362 e. The van der Waals surface area contributed by atoms with E-state index in [0.29, 0.717) is 16.8 Å². The summed E-state index contributed by atoms with van der Waals surface area (Å²) >= 11 is 0. The number of carbonyl (C=O) groups excluding carboxylic acids is 2. The summed E-state index contributed by atoms with van der Waals surface area (Å²) in [5.41, 5.74) is 0.266.